The zero-order valence-corrected chi connectivity index (χ0v) is 16.1. The highest BCUT2D eigenvalue weighted by Gasteiger charge is 2.38. The quantitative estimate of drug-likeness (QED) is 0.502. The second kappa shape index (κ2) is 7.51. The fourth-order valence-corrected chi connectivity index (χ4v) is 3.20. The number of hydrogen-bond donors (Lipinski definition) is 0. The first-order valence-corrected chi connectivity index (χ1v) is 9.03. The topological polar surface area (TPSA) is 34.4 Å². The van der Waals surface area contributed by atoms with E-state index in [9.17, 15) is 26.3 Å². The van der Waals surface area contributed by atoms with Gasteiger partial charge < -0.3 is 9.80 Å². The molecule has 0 aromatic heterocycles. The summed E-state index contributed by atoms with van der Waals surface area (Å²) in [5, 5.41) is 4.79. The fourth-order valence-electron chi connectivity index (χ4n) is 3.20. The number of guanidine groups is 1. The summed E-state index contributed by atoms with van der Waals surface area (Å²) in [6.07, 6.45) is -9.22. The number of rotatable bonds is 1. The van der Waals surface area contributed by atoms with E-state index in [2.05, 4.69) is 15.0 Å². The van der Waals surface area contributed by atoms with Crippen LogP contribution >= 0.6 is 0 Å². The molecule has 0 bridgehead atoms. The van der Waals surface area contributed by atoms with E-state index >= 15 is 0 Å². The predicted octanol–water partition coefficient (Wildman–Crippen LogP) is 4.26. The average Bonchev–Trinajstić information content (AvgIpc) is 2.62. The normalized spacial score (nSPS) is 21.9. The standard InChI is InChI=1S/C18H21F6N5/c1-11-14-10-13(18(22,23)24)4-5-15(14)25-16(28-8-6-27(3)7-9-28)29(11)26-12(2)17(19,20)21/h4-5,10-11H,6-9H2,1-3H3/b26-12+. The Balaban J connectivity index is 2.08. The van der Waals surface area contributed by atoms with Gasteiger partial charge in [-0.25, -0.2) is 10.0 Å². The van der Waals surface area contributed by atoms with Crippen LogP contribution in [0.5, 0.6) is 0 Å². The lowest BCUT2D eigenvalue weighted by Gasteiger charge is -2.41. The SMILES string of the molecule is C/C(=N\N1C(N2CCN(C)CC2)=Nc2ccc(C(F)(F)F)cc2C1C)C(F)(F)F. The minimum Gasteiger partial charge on any atom is -0.338 e. The van der Waals surface area contributed by atoms with E-state index < -0.39 is 29.7 Å². The van der Waals surface area contributed by atoms with E-state index in [1.54, 1.807) is 0 Å². The molecule has 3 rings (SSSR count). The maximum Gasteiger partial charge on any atom is 0.430 e. The van der Waals surface area contributed by atoms with Gasteiger partial charge in [0.1, 0.15) is 5.71 Å². The first-order chi connectivity index (χ1) is 13.4. The number of aliphatic imine (C=N–C) groups is 1. The van der Waals surface area contributed by atoms with Crippen molar-refractivity contribution in [2.75, 3.05) is 33.2 Å². The second-order valence-corrected chi connectivity index (χ2v) is 7.18. The van der Waals surface area contributed by atoms with Gasteiger partial charge in [0.15, 0.2) is 0 Å². The van der Waals surface area contributed by atoms with Crippen molar-refractivity contribution in [3.63, 3.8) is 0 Å². The third-order valence-corrected chi connectivity index (χ3v) is 5.05. The summed E-state index contributed by atoms with van der Waals surface area (Å²) >= 11 is 0. The Kier molecular flexibility index (Phi) is 5.54. The Labute approximate surface area is 164 Å². The molecule has 1 aromatic carbocycles. The highest BCUT2D eigenvalue weighted by molar-refractivity contribution is 5.91. The van der Waals surface area contributed by atoms with Crippen molar-refractivity contribution in [1.82, 2.24) is 14.8 Å². The van der Waals surface area contributed by atoms with Gasteiger partial charge in [0.2, 0.25) is 5.96 Å². The van der Waals surface area contributed by atoms with E-state index in [1.165, 1.54) is 13.0 Å². The van der Waals surface area contributed by atoms with Gasteiger partial charge in [0, 0.05) is 31.7 Å². The Morgan fingerprint density at radius 1 is 1.07 bits per heavy atom. The van der Waals surface area contributed by atoms with Gasteiger partial charge in [-0.2, -0.15) is 31.4 Å². The summed E-state index contributed by atoms with van der Waals surface area (Å²) in [4.78, 5) is 8.27. The molecular weight excluding hydrogens is 400 g/mol. The number of nitrogens with zero attached hydrogens (tertiary/aromatic N) is 5. The van der Waals surface area contributed by atoms with Crippen LogP contribution in [0.2, 0.25) is 0 Å². The van der Waals surface area contributed by atoms with Gasteiger partial charge in [-0.05, 0) is 39.1 Å². The molecule has 1 unspecified atom stereocenters. The molecule has 0 N–H and O–H groups in total. The van der Waals surface area contributed by atoms with E-state index in [1.807, 2.05) is 11.9 Å². The molecule has 2 heterocycles. The van der Waals surface area contributed by atoms with Crippen molar-refractivity contribution in [2.45, 2.75) is 32.2 Å². The predicted molar refractivity (Wildman–Crippen MR) is 97.0 cm³/mol. The van der Waals surface area contributed by atoms with Crippen molar-refractivity contribution in [2.24, 2.45) is 10.1 Å². The Bertz CT molecular complexity index is 821. The monoisotopic (exact) mass is 421 g/mol. The van der Waals surface area contributed by atoms with Gasteiger partial charge in [0.05, 0.1) is 17.3 Å². The number of hydrazone groups is 1. The van der Waals surface area contributed by atoms with E-state index in [-0.39, 0.29) is 11.5 Å². The first kappa shape index (κ1) is 21.4. The van der Waals surface area contributed by atoms with Crippen molar-refractivity contribution in [3.05, 3.63) is 29.3 Å². The van der Waals surface area contributed by atoms with Crippen LogP contribution in [-0.4, -0.2) is 65.9 Å². The summed E-state index contributed by atoms with van der Waals surface area (Å²) < 4.78 is 78.6. The summed E-state index contributed by atoms with van der Waals surface area (Å²) in [5.74, 6) is 0.210. The average molecular weight is 421 g/mol. The lowest BCUT2D eigenvalue weighted by atomic mass is 10.0. The molecule has 1 aromatic rings. The zero-order chi connectivity index (χ0) is 21.6. The molecule has 1 atom stereocenters. The molecule has 29 heavy (non-hydrogen) atoms. The smallest absolute Gasteiger partial charge is 0.338 e. The second-order valence-electron chi connectivity index (χ2n) is 7.18. The maximum atomic E-state index is 13.1. The largest absolute Gasteiger partial charge is 0.430 e. The number of fused-ring (bicyclic) bond motifs is 1. The minimum atomic E-state index is -4.65. The Morgan fingerprint density at radius 3 is 2.24 bits per heavy atom. The fraction of sp³-hybridized carbons (Fsp3) is 0.556. The number of halogens is 6. The number of piperazine rings is 1. The highest BCUT2D eigenvalue weighted by Crippen LogP contribution is 2.40. The number of alkyl halides is 6. The van der Waals surface area contributed by atoms with E-state index in [4.69, 9.17) is 0 Å². The van der Waals surface area contributed by atoms with Gasteiger partial charge >= 0.3 is 12.4 Å². The van der Waals surface area contributed by atoms with Crippen molar-refractivity contribution in [3.8, 4) is 0 Å². The van der Waals surface area contributed by atoms with Crippen LogP contribution in [0.4, 0.5) is 32.0 Å². The third kappa shape index (κ3) is 4.49. The molecule has 1 fully saturated rings. The van der Waals surface area contributed by atoms with E-state index in [0.717, 1.165) is 24.1 Å². The number of hydrogen-bond acceptors (Lipinski definition) is 5. The lowest BCUT2D eigenvalue weighted by Crippen LogP contribution is -2.53. The van der Waals surface area contributed by atoms with Gasteiger partial charge in [-0.15, -0.1) is 0 Å². The molecule has 160 valence electrons. The van der Waals surface area contributed by atoms with Crippen LogP contribution in [-0.2, 0) is 6.18 Å². The van der Waals surface area contributed by atoms with Gasteiger partial charge in [-0.1, -0.05) is 0 Å². The first-order valence-electron chi connectivity index (χ1n) is 9.03. The summed E-state index contributed by atoms with van der Waals surface area (Å²) in [6, 6.07) is 2.26. The Morgan fingerprint density at radius 2 is 1.69 bits per heavy atom. The molecular formula is C18H21F6N5. The highest BCUT2D eigenvalue weighted by atomic mass is 19.4. The number of benzene rings is 1. The summed E-state index contributed by atoms with van der Waals surface area (Å²) in [7, 11) is 1.93. The van der Waals surface area contributed by atoms with Gasteiger partial charge in [-0.3, -0.25) is 0 Å². The Hall–Kier alpha value is -2.30. The molecule has 2 aliphatic heterocycles. The molecule has 0 amide bonds. The van der Waals surface area contributed by atoms with Crippen LogP contribution < -0.4 is 0 Å². The van der Waals surface area contributed by atoms with Crippen molar-refractivity contribution >= 4 is 17.4 Å². The van der Waals surface area contributed by atoms with Crippen molar-refractivity contribution in [1.29, 1.82) is 0 Å². The molecule has 1 saturated heterocycles. The molecule has 0 saturated carbocycles. The molecule has 2 aliphatic rings. The van der Waals surface area contributed by atoms with Gasteiger partial charge in [0.25, 0.3) is 0 Å². The molecule has 5 nitrogen and oxygen atoms in total. The van der Waals surface area contributed by atoms with Crippen LogP contribution in [0, 0.1) is 0 Å². The summed E-state index contributed by atoms with van der Waals surface area (Å²) in [5.41, 5.74) is -1.49. The third-order valence-electron chi connectivity index (χ3n) is 5.05. The van der Waals surface area contributed by atoms with Crippen LogP contribution in [0.1, 0.15) is 31.0 Å². The molecule has 0 radical (unpaired) electrons. The molecule has 11 heteroatoms. The molecule has 0 spiro atoms. The number of likely N-dealkylation sites (N-methyl/N-ethyl adjacent to an activating group) is 1. The van der Waals surface area contributed by atoms with Crippen molar-refractivity contribution < 1.29 is 26.3 Å². The van der Waals surface area contributed by atoms with E-state index in [0.29, 0.717) is 31.9 Å². The summed E-state index contributed by atoms with van der Waals surface area (Å²) in [6.45, 7) is 4.77. The zero-order valence-electron chi connectivity index (χ0n) is 16.1. The minimum absolute atomic E-state index is 0.177. The van der Waals surface area contributed by atoms with Crippen LogP contribution in [0.15, 0.2) is 28.3 Å². The van der Waals surface area contributed by atoms with Crippen LogP contribution in [0.3, 0.4) is 0 Å². The molecule has 0 aliphatic carbocycles. The van der Waals surface area contributed by atoms with Crippen LogP contribution in [0.25, 0.3) is 0 Å². The maximum absolute atomic E-state index is 13.1. The lowest BCUT2D eigenvalue weighted by molar-refractivity contribution is -0.137.